The van der Waals surface area contributed by atoms with E-state index in [1.807, 2.05) is 13.0 Å². The number of carbonyl (C=O) groups is 3. The molecule has 32 heavy (non-hydrogen) atoms. The van der Waals surface area contributed by atoms with Crippen LogP contribution in [0.3, 0.4) is 0 Å². The Hall–Kier alpha value is -3.78. The van der Waals surface area contributed by atoms with Crippen molar-refractivity contribution < 1.29 is 19.1 Å². The average molecular weight is 494 g/mol. The van der Waals surface area contributed by atoms with Crippen LogP contribution in [0.2, 0.25) is 0 Å². The summed E-state index contributed by atoms with van der Waals surface area (Å²) in [6, 6.07) is 20.6. The lowest BCUT2D eigenvalue weighted by Crippen LogP contribution is -2.34. The molecule has 0 radical (unpaired) electrons. The van der Waals surface area contributed by atoms with E-state index in [2.05, 4.69) is 31.8 Å². The summed E-state index contributed by atoms with van der Waals surface area (Å²) in [5.74, 6) is -0.861. The van der Waals surface area contributed by atoms with Crippen LogP contribution in [0.1, 0.15) is 31.8 Å². The summed E-state index contributed by atoms with van der Waals surface area (Å²) in [6.45, 7) is 1.69. The fourth-order valence-corrected chi connectivity index (χ4v) is 2.91. The first-order chi connectivity index (χ1) is 15.4. The van der Waals surface area contributed by atoms with Crippen molar-refractivity contribution in [1.29, 1.82) is 0 Å². The molecule has 3 aromatic carbocycles. The molecule has 0 saturated carbocycles. The van der Waals surface area contributed by atoms with Gasteiger partial charge < -0.3 is 10.1 Å². The van der Waals surface area contributed by atoms with Gasteiger partial charge in [0, 0.05) is 10.0 Å². The molecule has 8 heteroatoms. The van der Waals surface area contributed by atoms with Crippen LogP contribution < -0.4 is 15.5 Å². The van der Waals surface area contributed by atoms with Crippen LogP contribution in [0.25, 0.3) is 0 Å². The molecule has 0 aromatic heterocycles. The smallest absolute Gasteiger partial charge is 0.343 e. The molecule has 0 aliphatic carbocycles. The fraction of sp³-hybridized carbons (Fsp3) is 0.0833. The van der Waals surface area contributed by atoms with E-state index >= 15 is 0 Å². The lowest BCUT2D eigenvalue weighted by Gasteiger charge is -2.05. The summed E-state index contributed by atoms with van der Waals surface area (Å²) in [5, 5.41) is 6.41. The predicted octanol–water partition coefficient (Wildman–Crippen LogP) is 3.86. The second-order valence-corrected chi connectivity index (χ2v) is 7.73. The monoisotopic (exact) mass is 493 g/mol. The van der Waals surface area contributed by atoms with Gasteiger partial charge in [0.05, 0.1) is 18.3 Å². The van der Waals surface area contributed by atoms with E-state index in [0.29, 0.717) is 22.4 Å². The summed E-state index contributed by atoms with van der Waals surface area (Å²) in [5.41, 5.74) is 4.93. The summed E-state index contributed by atoms with van der Waals surface area (Å²) >= 11 is 3.32. The molecule has 3 rings (SSSR count). The van der Waals surface area contributed by atoms with Gasteiger partial charge in [-0.25, -0.2) is 10.2 Å². The second kappa shape index (κ2) is 11.0. The van der Waals surface area contributed by atoms with Gasteiger partial charge in [0.2, 0.25) is 0 Å². The minimum atomic E-state index is -0.459. The van der Waals surface area contributed by atoms with Gasteiger partial charge in [-0.1, -0.05) is 33.6 Å². The Labute approximate surface area is 193 Å². The summed E-state index contributed by atoms with van der Waals surface area (Å²) < 4.78 is 6.20. The Bertz CT molecular complexity index is 1140. The highest BCUT2D eigenvalue weighted by Gasteiger charge is 2.09. The lowest BCUT2D eigenvalue weighted by atomic mass is 10.1. The van der Waals surface area contributed by atoms with Gasteiger partial charge in [0.25, 0.3) is 11.8 Å². The number of halogens is 1. The predicted molar refractivity (Wildman–Crippen MR) is 125 cm³/mol. The van der Waals surface area contributed by atoms with Gasteiger partial charge in [-0.05, 0) is 73.2 Å². The van der Waals surface area contributed by atoms with E-state index in [9.17, 15) is 14.4 Å². The maximum Gasteiger partial charge on any atom is 0.343 e. The van der Waals surface area contributed by atoms with Crippen LogP contribution >= 0.6 is 15.9 Å². The third-order valence-corrected chi connectivity index (χ3v) is 4.79. The highest BCUT2D eigenvalue weighted by atomic mass is 79.9. The Kier molecular flexibility index (Phi) is 7.88. The number of hydrogen-bond acceptors (Lipinski definition) is 5. The topological polar surface area (TPSA) is 96.9 Å². The first-order valence-corrected chi connectivity index (χ1v) is 10.4. The van der Waals surface area contributed by atoms with E-state index in [-0.39, 0.29) is 12.5 Å². The molecule has 0 fully saturated rings. The summed E-state index contributed by atoms with van der Waals surface area (Å²) in [6.07, 6.45) is 1.45. The van der Waals surface area contributed by atoms with Gasteiger partial charge in [0.1, 0.15) is 5.75 Å². The number of esters is 1. The maximum atomic E-state index is 12.1. The van der Waals surface area contributed by atoms with E-state index in [4.69, 9.17) is 4.74 Å². The van der Waals surface area contributed by atoms with Crippen LogP contribution in [-0.2, 0) is 4.79 Å². The van der Waals surface area contributed by atoms with Crippen LogP contribution in [0.4, 0.5) is 0 Å². The number of ether oxygens (including phenoxy) is 1. The average Bonchev–Trinajstić information content (AvgIpc) is 2.79. The molecule has 2 N–H and O–H groups in total. The highest BCUT2D eigenvalue weighted by molar-refractivity contribution is 9.10. The van der Waals surface area contributed by atoms with E-state index in [0.717, 1.165) is 10.0 Å². The SMILES string of the molecule is Cc1cccc(C(=O)NCC(=O)N/N=C/c2ccc(OC(=O)c3ccc(Br)cc3)cc2)c1. The van der Waals surface area contributed by atoms with Crippen molar-refractivity contribution in [2.24, 2.45) is 5.10 Å². The van der Waals surface area contributed by atoms with Crippen LogP contribution in [0, 0.1) is 6.92 Å². The molecule has 0 saturated heterocycles. The molecular weight excluding hydrogens is 474 g/mol. The number of nitrogens with zero attached hydrogens (tertiary/aromatic N) is 1. The Morgan fingerprint density at radius 3 is 2.38 bits per heavy atom. The first kappa shape index (κ1) is 22.9. The summed E-state index contributed by atoms with van der Waals surface area (Å²) in [7, 11) is 0. The van der Waals surface area contributed by atoms with Gasteiger partial charge in [-0.2, -0.15) is 5.10 Å². The number of rotatable bonds is 7. The van der Waals surface area contributed by atoms with Gasteiger partial charge in [-0.3, -0.25) is 9.59 Å². The number of benzene rings is 3. The standard InChI is InChI=1S/C24H20BrN3O4/c1-16-3-2-4-19(13-16)23(30)26-15-22(29)28-27-14-17-5-11-21(12-6-17)32-24(31)18-7-9-20(25)10-8-18/h2-14H,15H2,1H3,(H,26,30)(H,28,29)/b27-14+. The first-order valence-electron chi connectivity index (χ1n) is 9.65. The quantitative estimate of drug-likeness (QED) is 0.226. The molecule has 0 unspecified atom stereocenters. The zero-order valence-electron chi connectivity index (χ0n) is 17.2. The van der Waals surface area contributed by atoms with Crippen LogP contribution in [0.15, 0.2) is 82.4 Å². The molecular formula is C24H20BrN3O4. The molecule has 3 aromatic rings. The molecule has 0 bridgehead atoms. The van der Waals surface area contributed by atoms with Crippen molar-refractivity contribution >= 4 is 39.9 Å². The van der Waals surface area contributed by atoms with Gasteiger partial charge >= 0.3 is 5.97 Å². The minimum Gasteiger partial charge on any atom is -0.423 e. The number of hydrazone groups is 1. The number of hydrogen-bond donors (Lipinski definition) is 2. The largest absolute Gasteiger partial charge is 0.423 e. The molecule has 2 amide bonds. The molecule has 162 valence electrons. The maximum absolute atomic E-state index is 12.1. The van der Waals surface area contributed by atoms with Crippen molar-refractivity contribution in [2.75, 3.05) is 6.54 Å². The molecule has 0 atom stereocenters. The molecule has 0 heterocycles. The van der Waals surface area contributed by atoms with E-state index in [1.54, 1.807) is 66.7 Å². The summed E-state index contributed by atoms with van der Waals surface area (Å²) in [4.78, 5) is 36.0. The van der Waals surface area contributed by atoms with Crippen molar-refractivity contribution in [3.8, 4) is 5.75 Å². The number of aryl methyl sites for hydroxylation is 1. The molecule has 0 aliphatic heterocycles. The van der Waals surface area contributed by atoms with E-state index < -0.39 is 11.9 Å². The zero-order chi connectivity index (χ0) is 22.9. The molecule has 0 spiro atoms. The zero-order valence-corrected chi connectivity index (χ0v) is 18.8. The fourth-order valence-electron chi connectivity index (χ4n) is 2.64. The molecule has 0 aliphatic rings. The lowest BCUT2D eigenvalue weighted by molar-refractivity contribution is -0.120. The van der Waals surface area contributed by atoms with Crippen LogP contribution in [0.5, 0.6) is 5.75 Å². The van der Waals surface area contributed by atoms with Crippen molar-refractivity contribution in [3.63, 3.8) is 0 Å². The third kappa shape index (κ3) is 6.88. The number of carbonyl (C=O) groups excluding carboxylic acids is 3. The van der Waals surface area contributed by atoms with Gasteiger partial charge in [0.15, 0.2) is 0 Å². The normalized spacial score (nSPS) is 10.6. The van der Waals surface area contributed by atoms with Crippen molar-refractivity contribution in [1.82, 2.24) is 10.7 Å². The second-order valence-electron chi connectivity index (χ2n) is 6.81. The number of amides is 2. The van der Waals surface area contributed by atoms with Crippen LogP contribution in [-0.4, -0.2) is 30.5 Å². The third-order valence-electron chi connectivity index (χ3n) is 4.26. The number of nitrogens with one attached hydrogen (secondary N) is 2. The highest BCUT2D eigenvalue weighted by Crippen LogP contribution is 2.15. The van der Waals surface area contributed by atoms with Crippen molar-refractivity contribution in [2.45, 2.75) is 6.92 Å². The Morgan fingerprint density at radius 1 is 0.969 bits per heavy atom. The molecule has 7 nitrogen and oxygen atoms in total. The van der Waals surface area contributed by atoms with E-state index in [1.165, 1.54) is 6.21 Å². The van der Waals surface area contributed by atoms with Crippen molar-refractivity contribution in [3.05, 3.63) is 99.5 Å². The Morgan fingerprint density at radius 2 is 1.69 bits per heavy atom. The minimum absolute atomic E-state index is 0.199. The van der Waals surface area contributed by atoms with Gasteiger partial charge in [-0.15, -0.1) is 0 Å². The Balaban J connectivity index is 1.45.